The second-order valence-electron chi connectivity index (χ2n) is 5.46. The lowest BCUT2D eigenvalue weighted by atomic mass is 10.2. The summed E-state index contributed by atoms with van der Waals surface area (Å²) in [6.45, 7) is 2.82. The number of hydrogen-bond acceptors (Lipinski definition) is 3. The van der Waals surface area contributed by atoms with Crippen LogP contribution in [-0.4, -0.2) is 30.4 Å². The van der Waals surface area contributed by atoms with Crippen molar-refractivity contribution in [2.24, 2.45) is 0 Å². The van der Waals surface area contributed by atoms with Crippen LogP contribution in [0.25, 0.3) is 0 Å². The Morgan fingerprint density at radius 2 is 1.96 bits per heavy atom. The number of likely N-dealkylation sites (tertiary alicyclic amines) is 1. The first-order valence-corrected chi connectivity index (χ1v) is 8.81. The van der Waals surface area contributed by atoms with Crippen molar-refractivity contribution in [3.8, 4) is 0 Å². The Bertz CT molecular complexity index is 627. The summed E-state index contributed by atoms with van der Waals surface area (Å²) in [5.74, 6) is -0.105. The second kappa shape index (κ2) is 8.69. The number of benzene rings is 1. The SMILES string of the molecule is Cl.O=C(NCC(c1cccs1)N1CCCC1)c1ccccc1Cl. The molecule has 0 bridgehead atoms. The lowest BCUT2D eigenvalue weighted by Crippen LogP contribution is -2.36. The van der Waals surface area contributed by atoms with Crippen LogP contribution < -0.4 is 5.32 Å². The van der Waals surface area contributed by atoms with Crippen molar-refractivity contribution in [1.82, 2.24) is 10.2 Å². The Morgan fingerprint density at radius 3 is 2.61 bits per heavy atom. The molecule has 6 heteroatoms. The minimum atomic E-state index is -0.105. The molecule has 0 spiro atoms. The Labute approximate surface area is 152 Å². The molecule has 1 amide bonds. The van der Waals surface area contributed by atoms with E-state index in [1.807, 2.05) is 12.1 Å². The molecule has 1 saturated heterocycles. The highest BCUT2D eigenvalue weighted by Crippen LogP contribution is 2.28. The van der Waals surface area contributed by atoms with Gasteiger partial charge in [0.25, 0.3) is 5.91 Å². The molecule has 3 rings (SSSR count). The highest BCUT2D eigenvalue weighted by Gasteiger charge is 2.25. The molecule has 23 heavy (non-hydrogen) atoms. The summed E-state index contributed by atoms with van der Waals surface area (Å²) in [7, 11) is 0. The fourth-order valence-corrected chi connectivity index (χ4v) is 3.96. The quantitative estimate of drug-likeness (QED) is 0.846. The van der Waals surface area contributed by atoms with E-state index in [4.69, 9.17) is 11.6 Å². The standard InChI is InChI=1S/C17H19ClN2OS.ClH/c18-14-7-2-1-6-13(14)17(21)19-12-15(16-8-5-11-22-16)20-9-3-4-10-20;/h1-2,5-8,11,15H,3-4,9-10,12H2,(H,19,21);1H. The van der Waals surface area contributed by atoms with Crippen LogP contribution in [0.1, 0.15) is 34.1 Å². The lowest BCUT2D eigenvalue weighted by Gasteiger charge is -2.27. The number of nitrogens with one attached hydrogen (secondary N) is 1. The van der Waals surface area contributed by atoms with Gasteiger partial charge in [0, 0.05) is 11.4 Å². The molecule has 0 saturated carbocycles. The van der Waals surface area contributed by atoms with Crippen LogP contribution in [-0.2, 0) is 0 Å². The third kappa shape index (κ3) is 4.48. The molecule has 1 aromatic heterocycles. The summed E-state index contributed by atoms with van der Waals surface area (Å²) < 4.78 is 0. The van der Waals surface area contributed by atoms with Gasteiger partial charge in [-0.1, -0.05) is 29.8 Å². The first-order valence-electron chi connectivity index (χ1n) is 7.56. The summed E-state index contributed by atoms with van der Waals surface area (Å²) >= 11 is 7.84. The van der Waals surface area contributed by atoms with Gasteiger partial charge in [-0.05, 0) is 49.5 Å². The maximum Gasteiger partial charge on any atom is 0.252 e. The second-order valence-corrected chi connectivity index (χ2v) is 6.85. The van der Waals surface area contributed by atoms with Crippen LogP contribution >= 0.6 is 35.3 Å². The smallest absolute Gasteiger partial charge is 0.252 e. The summed E-state index contributed by atoms with van der Waals surface area (Å²) in [4.78, 5) is 16.1. The molecular weight excluding hydrogens is 351 g/mol. The fourth-order valence-electron chi connectivity index (χ4n) is 2.87. The average molecular weight is 371 g/mol. The van der Waals surface area contributed by atoms with Gasteiger partial charge in [0.2, 0.25) is 0 Å². The minimum Gasteiger partial charge on any atom is -0.350 e. The molecule has 2 heterocycles. The van der Waals surface area contributed by atoms with Crippen molar-refractivity contribution in [3.05, 3.63) is 57.2 Å². The number of carbonyl (C=O) groups excluding carboxylic acids is 1. The van der Waals surface area contributed by atoms with E-state index in [1.54, 1.807) is 23.5 Å². The molecule has 0 radical (unpaired) electrons. The van der Waals surface area contributed by atoms with Crippen molar-refractivity contribution in [1.29, 1.82) is 0 Å². The van der Waals surface area contributed by atoms with Crippen molar-refractivity contribution in [2.45, 2.75) is 18.9 Å². The number of amides is 1. The van der Waals surface area contributed by atoms with Gasteiger partial charge >= 0.3 is 0 Å². The molecule has 124 valence electrons. The maximum absolute atomic E-state index is 12.3. The number of rotatable bonds is 5. The van der Waals surface area contributed by atoms with Crippen LogP contribution in [0.2, 0.25) is 5.02 Å². The Kier molecular flexibility index (Phi) is 6.90. The van der Waals surface area contributed by atoms with Crippen LogP contribution in [0.5, 0.6) is 0 Å². The normalized spacial score (nSPS) is 15.9. The van der Waals surface area contributed by atoms with Crippen molar-refractivity contribution >= 4 is 41.3 Å². The molecule has 1 aliphatic rings. The van der Waals surface area contributed by atoms with E-state index in [0.717, 1.165) is 13.1 Å². The molecule has 1 N–H and O–H groups in total. The minimum absolute atomic E-state index is 0. The van der Waals surface area contributed by atoms with E-state index in [-0.39, 0.29) is 24.4 Å². The van der Waals surface area contributed by atoms with Crippen LogP contribution in [0.3, 0.4) is 0 Å². The summed E-state index contributed by atoms with van der Waals surface area (Å²) in [5, 5.41) is 5.63. The summed E-state index contributed by atoms with van der Waals surface area (Å²) in [6.07, 6.45) is 2.47. The molecule has 1 unspecified atom stereocenters. The highest BCUT2D eigenvalue weighted by molar-refractivity contribution is 7.10. The summed E-state index contributed by atoms with van der Waals surface area (Å²) in [5.41, 5.74) is 0.538. The topological polar surface area (TPSA) is 32.3 Å². The molecule has 3 nitrogen and oxygen atoms in total. The van der Waals surface area contributed by atoms with E-state index in [1.165, 1.54) is 17.7 Å². The van der Waals surface area contributed by atoms with Gasteiger partial charge in [-0.2, -0.15) is 0 Å². The van der Waals surface area contributed by atoms with E-state index in [2.05, 4.69) is 27.7 Å². The monoisotopic (exact) mass is 370 g/mol. The zero-order valence-electron chi connectivity index (χ0n) is 12.7. The lowest BCUT2D eigenvalue weighted by molar-refractivity contribution is 0.0938. The number of hydrogen-bond donors (Lipinski definition) is 1. The van der Waals surface area contributed by atoms with Gasteiger partial charge in [0.05, 0.1) is 16.6 Å². The van der Waals surface area contributed by atoms with Crippen molar-refractivity contribution in [2.75, 3.05) is 19.6 Å². The van der Waals surface area contributed by atoms with Gasteiger partial charge in [-0.3, -0.25) is 9.69 Å². The highest BCUT2D eigenvalue weighted by atomic mass is 35.5. The van der Waals surface area contributed by atoms with E-state index < -0.39 is 0 Å². The third-order valence-corrected chi connectivity index (χ3v) is 5.33. The first kappa shape index (κ1) is 18.3. The number of nitrogens with zero attached hydrogens (tertiary/aromatic N) is 1. The predicted molar refractivity (Wildman–Crippen MR) is 98.9 cm³/mol. The average Bonchev–Trinajstić information content (AvgIpc) is 3.21. The zero-order chi connectivity index (χ0) is 15.4. The van der Waals surface area contributed by atoms with Crippen LogP contribution in [0, 0.1) is 0 Å². The largest absolute Gasteiger partial charge is 0.350 e. The molecule has 1 aliphatic heterocycles. The summed E-state index contributed by atoms with van der Waals surface area (Å²) in [6, 6.07) is 11.6. The fraction of sp³-hybridized carbons (Fsp3) is 0.353. The number of carbonyl (C=O) groups is 1. The van der Waals surface area contributed by atoms with Crippen LogP contribution in [0.4, 0.5) is 0 Å². The molecule has 0 aliphatic carbocycles. The third-order valence-electron chi connectivity index (χ3n) is 4.03. The van der Waals surface area contributed by atoms with Gasteiger partial charge in [-0.15, -0.1) is 23.7 Å². The maximum atomic E-state index is 12.3. The van der Waals surface area contributed by atoms with Crippen molar-refractivity contribution in [3.63, 3.8) is 0 Å². The molecule has 1 aromatic carbocycles. The molecule has 1 atom stereocenters. The molecule has 1 fully saturated rings. The Hall–Kier alpha value is -1.07. The van der Waals surface area contributed by atoms with Crippen LogP contribution in [0.15, 0.2) is 41.8 Å². The Morgan fingerprint density at radius 1 is 1.22 bits per heavy atom. The number of halogens is 2. The van der Waals surface area contributed by atoms with Gasteiger partial charge in [-0.25, -0.2) is 0 Å². The van der Waals surface area contributed by atoms with Gasteiger partial charge < -0.3 is 5.32 Å². The zero-order valence-corrected chi connectivity index (χ0v) is 15.1. The van der Waals surface area contributed by atoms with E-state index in [0.29, 0.717) is 17.1 Å². The Balaban J connectivity index is 0.00000192. The van der Waals surface area contributed by atoms with Crippen molar-refractivity contribution < 1.29 is 4.79 Å². The predicted octanol–water partition coefficient (Wildman–Crippen LogP) is 4.39. The number of thiophene rings is 1. The van der Waals surface area contributed by atoms with Gasteiger partial charge in [0.15, 0.2) is 0 Å². The van der Waals surface area contributed by atoms with E-state index >= 15 is 0 Å². The van der Waals surface area contributed by atoms with E-state index in [9.17, 15) is 4.79 Å². The molecular formula is C17H20Cl2N2OS. The van der Waals surface area contributed by atoms with Gasteiger partial charge in [0.1, 0.15) is 0 Å². The first-order chi connectivity index (χ1) is 10.8. The molecule has 2 aromatic rings.